The Balaban J connectivity index is 0.00000162. The minimum atomic E-state index is -0.490. The zero-order valence-corrected chi connectivity index (χ0v) is 13.7. The second-order valence-electron chi connectivity index (χ2n) is 4.22. The molecule has 1 N–H and O–H groups in total. The summed E-state index contributed by atoms with van der Waals surface area (Å²) in [5, 5.41) is 3.22. The van der Waals surface area contributed by atoms with Crippen molar-refractivity contribution in [3.05, 3.63) is 33.8 Å². The average molecular weight is 378 g/mol. The molecule has 2 nitrogen and oxygen atoms in total. The van der Waals surface area contributed by atoms with Crippen LogP contribution in [0.5, 0.6) is 0 Å². The molecule has 0 aromatic heterocycles. The molecule has 1 fully saturated rings. The van der Waals surface area contributed by atoms with Gasteiger partial charge in [-0.15, -0.1) is 24.8 Å². The lowest BCUT2D eigenvalue weighted by Gasteiger charge is -2.33. The molecule has 0 unspecified atom stereocenters. The van der Waals surface area contributed by atoms with E-state index in [1.807, 2.05) is 6.92 Å². The maximum Gasteiger partial charge on any atom is 0.145 e. The summed E-state index contributed by atoms with van der Waals surface area (Å²) in [6.45, 7) is 5.20. The Labute approximate surface area is 132 Å². The van der Waals surface area contributed by atoms with Gasteiger partial charge in [0.05, 0.1) is 4.47 Å². The van der Waals surface area contributed by atoms with Crippen molar-refractivity contribution in [1.82, 2.24) is 10.2 Å². The molecule has 1 aromatic carbocycles. The topological polar surface area (TPSA) is 15.3 Å². The van der Waals surface area contributed by atoms with Gasteiger partial charge in [0, 0.05) is 37.8 Å². The van der Waals surface area contributed by atoms with Gasteiger partial charge in [-0.2, -0.15) is 0 Å². The quantitative estimate of drug-likeness (QED) is 0.793. The van der Waals surface area contributed by atoms with Crippen LogP contribution in [0.25, 0.3) is 0 Å². The van der Waals surface area contributed by atoms with E-state index in [1.54, 1.807) is 0 Å². The monoisotopic (exact) mass is 376 g/mol. The number of nitrogens with one attached hydrogen (secondary N) is 1. The van der Waals surface area contributed by atoms with Crippen LogP contribution in [0.1, 0.15) is 18.5 Å². The number of rotatable bonds is 2. The van der Waals surface area contributed by atoms with E-state index in [2.05, 4.69) is 26.1 Å². The highest BCUT2D eigenvalue weighted by Gasteiger charge is 2.24. The van der Waals surface area contributed by atoms with Crippen LogP contribution < -0.4 is 5.32 Å². The minimum absolute atomic E-state index is 0. The van der Waals surface area contributed by atoms with Crippen LogP contribution in [0.3, 0.4) is 0 Å². The predicted octanol–water partition coefficient (Wildman–Crippen LogP) is 3.54. The number of hydrogen-bond acceptors (Lipinski definition) is 2. The van der Waals surface area contributed by atoms with Crippen molar-refractivity contribution >= 4 is 40.7 Å². The number of benzene rings is 1. The number of halogens is 5. The summed E-state index contributed by atoms with van der Waals surface area (Å²) in [5.41, 5.74) is 0.154. The van der Waals surface area contributed by atoms with Crippen LogP contribution in [-0.2, 0) is 0 Å². The van der Waals surface area contributed by atoms with Gasteiger partial charge < -0.3 is 5.32 Å². The molecule has 0 amide bonds. The van der Waals surface area contributed by atoms with E-state index < -0.39 is 11.6 Å². The molecule has 2 rings (SSSR count). The van der Waals surface area contributed by atoms with Gasteiger partial charge in [0.1, 0.15) is 11.6 Å². The molecule has 1 heterocycles. The smallest absolute Gasteiger partial charge is 0.145 e. The normalized spacial score (nSPS) is 17.3. The molecule has 1 aromatic rings. The van der Waals surface area contributed by atoms with Crippen LogP contribution in [0, 0.1) is 11.6 Å². The maximum absolute atomic E-state index is 13.9. The molecule has 0 saturated carbocycles. The molecular formula is C12H17BrCl2F2N2. The zero-order valence-electron chi connectivity index (χ0n) is 10.5. The van der Waals surface area contributed by atoms with Crippen LogP contribution in [0.2, 0.25) is 0 Å². The number of piperazine rings is 1. The standard InChI is InChI=1S/C12H15BrF2N2.2ClH/c1-8(17-6-4-16-5-7-17)11-10(14)3-2-9(13)12(11)15;;/h2-3,8,16H,4-7H2,1H3;2*1H/t8-;;/m0../s1. The SMILES string of the molecule is C[C@@H](c1c(F)ccc(Br)c1F)N1CCNCC1.Cl.Cl. The predicted molar refractivity (Wildman–Crippen MR) is 81.4 cm³/mol. The van der Waals surface area contributed by atoms with Crippen molar-refractivity contribution in [1.29, 1.82) is 0 Å². The van der Waals surface area contributed by atoms with Crippen molar-refractivity contribution in [3.8, 4) is 0 Å². The third-order valence-corrected chi connectivity index (χ3v) is 3.81. The van der Waals surface area contributed by atoms with Gasteiger partial charge in [-0.05, 0) is 35.0 Å². The van der Waals surface area contributed by atoms with Gasteiger partial charge in [0.15, 0.2) is 0 Å². The van der Waals surface area contributed by atoms with Crippen LogP contribution in [-0.4, -0.2) is 31.1 Å². The molecule has 1 aliphatic rings. The third-order valence-electron chi connectivity index (χ3n) is 3.20. The number of nitrogens with zero attached hydrogens (tertiary/aromatic N) is 1. The molecule has 0 bridgehead atoms. The largest absolute Gasteiger partial charge is 0.314 e. The summed E-state index contributed by atoms with van der Waals surface area (Å²) in [4.78, 5) is 2.09. The second kappa shape index (κ2) is 8.37. The summed E-state index contributed by atoms with van der Waals surface area (Å²) in [6.07, 6.45) is 0. The summed E-state index contributed by atoms with van der Waals surface area (Å²) >= 11 is 3.10. The van der Waals surface area contributed by atoms with E-state index in [0.29, 0.717) is 4.47 Å². The molecule has 0 aliphatic carbocycles. The Morgan fingerprint density at radius 2 is 1.79 bits per heavy atom. The van der Waals surface area contributed by atoms with Crippen LogP contribution >= 0.6 is 40.7 Å². The lowest BCUT2D eigenvalue weighted by molar-refractivity contribution is 0.179. The molecule has 110 valence electrons. The lowest BCUT2D eigenvalue weighted by atomic mass is 10.0. The highest BCUT2D eigenvalue weighted by Crippen LogP contribution is 2.29. The van der Waals surface area contributed by atoms with Crippen LogP contribution in [0.4, 0.5) is 8.78 Å². The fraction of sp³-hybridized carbons (Fsp3) is 0.500. The number of hydrogen-bond donors (Lipinski definition) is 1. The van der Waals surface area contributed by atoms with Crippen LogP contribution in [0.15, 0.2) is 16.6 Å². The molecule has 0 radical (unpaired) electrons. The first kappa shape index (κ1) is 19.1. The Bertz CT molecular complexity index is 415. The van der Waals surface area contributed by atoms with Gasteiger partial charge >= 0.3 is 0 Å². The van der Waals surface area contributed by atoms with E-state index in [1.165, 1.54) is 12.1 Å². The highest BCUT2D eigenvalue weighted by atomic mass is 79.9. The molecule has 1 aliphatic heterocycles. The minimum Gasteiger partial charge on any atom is -0.314 e. The first-order valence-corrected chi connectivity index (χ1v) is 6.48. The van der Waals surface area contributed by atoms with E-state index >= 15 is 0 Å². The van der Waals surface area contributed by atoms with Gasteiger partial charge in [0.2, 0.25) is 0 Å². The van der Waals surface area contributed by atoms with Gasteiger partial charge in [-0.25, -0.2) is 8.78 Å². The Hall–Kier alpha value is 0.0600. The zero-order chi connectivity index (χ0) is 12.4. The summed E-state index contributed by atoms with van der Waals surface area (Å²) < 4.78 is 28.0. The Morgan fingerprint density at radius 3 is 2.37 bits per heavy atom. The highest BCUT2D eigenvalue weighted by molar-refractivity contribution is 9.10. The van der Waals surface area contributed by atoms with Crippen molar-refractivity contribution < 1.29 is 8.78 Å². The molecule has 7 heteroatoms. The molecule has 1 saturated heterocycles. The first-order valence-electron chi connectivity index (χ1n) is 5.69. The molecular weight excluding hydrogens is 361 g/mol. The van der Waals surface area contributed by atoms with Gasteiger partial charge in [0.25, 0.3) is 0 Å². The van der Waals surface area contributed by atoms with E-state index in [9.17, 15) is 8.78 Å². The summed E-state index contributed by atoms with van der Waals surface area (Å²) in [6, 6.07) is 2.47. The van der Waals surface area contributed by atoms with Crippen molar-refractivity contribution in [2.75, 3.05) is 26.2 Å². The average Bonchev–Trinajstić information content (AvgIpc) is 2.35. The summed E-state index contributed by atoms with van der Waals surface area (Å²) in [5.74, 6) is -0.965. The lowest BCUT2D eigenvalue weighted by Crippen LogP contribution is -2.44. The second-order valence-corrected chi connectivity index (χ2v) is 5.07. The fourth-order valence-electron chi connectivity index (χ4n) is 2.18. The molecule has 1 atom stereocenters. The van der Waals surface area contributed by atoms with E-state index in [0.717, 1.165) is 26.2 Å². The Morgan fingerprint density at radius 1 is 1.21 bits per heavy atom. The van der Waals surface area contributed by atoms with Crippen molar-refractivity contribution in [2.45, 2.75) is 13.0 Å². The van der Waals surface area contributed by atoms with Crippen molar-refractivity contribution in [2.24, 2.45) is 0 Å². The Kier molecular flexibility index (Phi) is 8.40. The van der Waals surface area contributed by atoms with Gasteiger partial charge in [-0.3, -0.25) is 4.90 Å². The summed E-state index contributed by atoms with van der Waals surface area (Å²) in [7, 11) is 0. The van der Waals surface area contributed by atoms with Crippen molar-refractivity contribution in [3.63, 3.8) is 0 Å². The third kappa shape index (κ3) is 4.26. The van der Waals surface area contributed by atoms with E-state index in [4.69, 9.17) is 0 Å². The molecule has 19 heavy (non-hydrogen) atoms. The fourth-order valence-corrected chi connectivity index (χ4v) is 2.52. The first-order chi connectivity index (χ1) is 8.11. The maximum atomic E-state index is 13.9. The molecule has 0 spiro atoms. The van der Waals surface area contributed by atoms with E-state index in [-0.39, 0.29) is 36.4 Å². The van der Waals surface area contributed by atoms with Gasteiger partial charge in [-0.1, -0.05) is 0 Å².